The number of allylic oxidation sites excluding steroid dienone is 1. The highest BCUT2D eigenvalue weighted by atomic mass is 19.3. The van der Waals surface area contributed by atoms with Crippen molar-refractivity contribution >= 4 is 11.5 Å². The largest absolute Gasteiger partial charge is 0.389 e. The maximum atomic E-state index is 14.0. The quantitative estimate of drug-likeness (QED) is 0.263. The second-order valence-corrected chi connectivity index (χ2v) is 12.5. The Morgan fingerprint density at radius 1 is 1.13 bits per heavy atom. The Labute approximate surface area is 263 Å². The molecule has 2 aliphatic heterocycles. The van der Waals surface area contributed by atoms with E-state index in [1.165, 1.54) is 30.7 Å². The molecule has 240 valence electrons. The van der Waals surface area contributed by atoms with Crippen LogP contribution in [0.1, 0.15) is 98.7 Å². The Morgan fingerprint density at radius 2 is 1.93 bits per heavy atom. The average molecular weight is 619 g/mol. The second-order valence-electron chi connectivity index (χ2n) is 12.5. The number of nitrogens with one attached hydrogen (secondary N) is 2. The summed E-state index contributed by atoms with van der Waals surface area (Å²) in [6.45, 7) is 14.8. The predicted molar refractivity (Wildman–Crippen MR) is 170 cm³/mol. The standard InChI is InChI=1S/C27H33F2N9.C6H11N/c1-4-36-23(8-13-30-36)17(2)32-25(19-5-10-27(28,29)11-6-19)22-16-38-26(33-22)34-24(18(3)35-38)20-9-14-37-21(15-20)7-12-31-37;1-6-4-2-3-5-7-6/h7-8,12-13,16,19-20,25,32H,2,4-6,9-11,14-15H2,1,3H3;7H,1-5H2. The zero-order chi connectivity index (χ0) is 31.6. The first-order valence-corrected chi connectivity index (χ1v) is 16.2. The van der Waals surface area contributed by atoms with Crippen molar-refractivity contribution in [2.45, 2.75) is 103 Å². The molecule has 0 radical (unpaired) electrons. The summed E-state index contributed by atoms with van der Waals surface area (Å²) in [5.41, 5.74) is 6.55. The molecule has 12 heteroatoms. The van der Waals surface area contributed by atoms with Gasteiger partial charge in [-0.1, -0.05) is 13.2 Å². The van der Waals surface area contributed by atoms with E-state index >= 15 is 0 Å². The van der Waals surface area contributed by atoms with Gasteiger partial charge in [-0.3, -0.25) is 9.36 Å². The average Bonchev–Trinajstić information content (AvgIpc) is 3.79. The zero-order valence-electron chi connectivity index (χ0n) is 26.4. The third-order valence-corrected chi connectivity index (χ3v) is 9.36. The molecule has 0 spiro atoms. The van der Waals surface area contributed by atoms with Crippen LogP contribution in [0.3, 0.4) is 0 Å². The Morgan fingerprint density at radius 3 is 2.64 bits per heavy atom. The highest BCUT2D eigenvalue weighted by Crippen LogP contribution is 2.42. The van der Waals surface area contributed by atoms with Crippen LogP contribution in [0.25, 0.3) is 11.5 Å². The van der Waals surface area contributed by atoms with E-state index < -0.39 is 5.92 Å². The molecule has 2 N–H and O–H groups in total. The van der Waals surface area contributed by atoms with E-state index in [2.05, 4.69) is 40.1 Å². The number of aromatic nitrogens is 8. The number of hydrogen-bond donors (Lipinski definition) is 2. The van der Waals surface area contributed by atoms with Gasteiger partial charge in [-0.15, -0.1) is 0 Å². The van der Waals surface area contributed by atoms with Crippen molar-refractivity contribution in [2.24, 2.45) is 5.92 Å². The van der Waals surface area contributed by atoms with Crippen molar-refractivity contribution in [1.29, 1.82) is 0 Å². The van der Waals surface area contributed by atoms with Crippen LogP contribution in [0.2, 0.25) is 0 Å². The van der Waals surface area contributed by atoms with E-state index in [-0.39, 0.29) is 30.7 Å². The van der Waals surface area contributed by atoms with Gasteiger partial charge in [0.2, 0.25) is 5.92 Å². The van der Waals surface area contributed by atoms with Gasteiger partial charge in [-0.25, -0.2) is 23.3 Å². The van der Waals surface area contributed by atoms with Crippen LogP contribution in [0, 0.1) is 12.8 Å². The zero-order valence-corrected chi connectivity index (χ0v) is 26.4. The lowest BCUT2D eigenvalue weighted by molar-refractivity contribution is -0.0493. The number of fused-ring (bicyclic) bond motifs is 2. The van der Waals surface area contributed by atoms with Crippen LogP contribution in [0.4, 0.5) is 8.78 Å². The molecule has 0 amide bonds. The molecule has 10 nitrogen and oxygen atoms in total. The molecule has 0 aromatic carbocycles. The minimum atomic E-state index is -2.61. The number of piperidine rings is 1. The maximum absolute atomic E-state index is 14.0. The molecular formula is C33H44F2N10. The molecule has 6 heterocycles. The van der Waals surface area contributed by atoms with Gasteiger partial charge in [-0.2, -0.15) is 15.3 Å². The molecule has 45 heavy (non-hydrogen) atoms. The summed E-state index contributed by atoms with van der Waals surface area (Å²) in [5.74, 6) is -1.85. The summed E-state index contributed by atoms with van der Waals surface area (Å²) < 4.78 is 33.7. The molecule has 3 aliphatic rings. The molecular weight excluding hydrogens is 574 g/mol. The number of aryl methyl sites for hydroxylation is 3. The van der Waals surface area contributed by atoms with Crippen molar-refractivity contribution in [1.82, 2.24) is 49.8 Å². The molecule has 4 aromatic heterocycles. The van der Waals surface area contributed by atoms with Crippen LogP contribution in [-0.4, -0.2) is 51.6 Å². The number of rotatable bonds is 7. The topological polar surface area (TPSA) is 103 Å². The van der Waals surface area contributed by atoms with E-state index in [0.29, 0.717) is 30.9 Å². The third-order valence-electron chi connectivity index (χ3n) is 9.36. The summed E-state index contributed by atoms with van der Waals surface area (Å²) in [6.07, 6.45) is 11.7. The molecule has 0 bridgehead atoms. The molecule has 1 aliphatic carbocycles. The fraction of sp³-hybridized carbons (Fsp3) is 0.545. The number of nitrogens with zero attached hydrogens (tertiary/aromatic N) is 8. The van der Waals surface area contributed by atoms with Crippen molar-refractivity contribution in [2.75, 3.05) is 6.54 Å². The first-order valence-electron chi connectivity index (χ1n) is 16.2. The molecule has 7 rings (SSSR count). The third kappa shape index (κ3) is 6.94. The van der Waals surface area contributed by atoms with Crippen molar-refractivity contribution in [3.8, 4) is 0 Å². The highest BCUT2D eigenvalue weighted by Gasteiger charge is 2.39. The monoisotopic (exact) mass is 618 g/mol. The molecule has 2 unspecified atom stereocenters. The SMILES string of the molecule is C=C(NC(c1cn2nc(C)c(C3CCn4nccc4C3)nc2n1)C1CCC(F)(F)CC1)c1ccnn1CC.C=C1CCCCN1. The van der Waals surface area contributed by atoms with Gasteiger partial charge < -0.3 is 10.6 Å². The summed E-state index contributed by atoms with van der Waals surface area (Å²) in [7, 11) is 0. The number of hydrogen-bond acceptors (Lipinski definition) is 7. The number of halogens is 2. The van der Waals surface area contributed by atoms with Gasteiger partial charge in [-0.05, 0) is 76.8 Å². The molecule has 2 atom stereocenters. The lowest BCUT2D eigenvalue weighted by Crippen LogP contribution is -2.34. The normalized spacial score (nSPS) is 20.5. The van der Waals surface area contributed by atoms with E-state index in [4.69, 9.17) is 15.1 Å². The van der Waals surface area contributed by atoms with Crippen molar-refractivity contribution in [3.05, 3.63) is 78.0 Å². The number of imidazole rings is 1. The van der Waals surface area contributed by atoms with Crippen LogP contribution in [0.15, 0.2) is 49.6 Å². The Kier molecular flexibility index (Phi) is 9.00. The van der Waals surface area contributed by atoms with Crippen LogP contribution < -0.4 is 10.6 Å². The van der Waals surface area contributed by atoms with Gasteiger partial charge in [0.25, 0.3) is 5.78 Å². The lowest BCUT2D eigenvalue weighted by Gasteiger charge is -2.34. The fourth-order valence-corrected chi connectivity index (χ4v) is 6.82. The molecule has 1 saturated heterocycles. The molecule has 2 fully saturated rings. The van der Waals surface area contributed by atoms with E-state index in [0.717, 1.165) is 48.7 Å². The first kappa shape index (κ1) is 30.9. The Balaban J connectivity index is 0.000000452. The van der Waals surface area contributed by atoms with Gasteiger partial charge in [0, 0.05) is 62.2 Å². The predicted octanol–water partition coefficient (Wildman–Crippen LogP) is 5.98. The maximum Gasteiger partial charge on any atom is 0.251 e. The second kappa shape index (κ2) is 13.1. The van der Waals surface area contributed by atoms with Gasteiger partial charge in [0.1, 0.15) is 0 Å². The summed E-state index contributed by atoms with van der Waals surface area (Å²) >= 11 is 0. The first-order chi connectivity index (χ1) is 21.7. The van der Waals surface area contributed by atoms with Crippen molar-refractivity contribution < 1.29 is 8.78 Å². The van der Waals surface area contributed by atoms with Crippen LogP contribution in [-0.2, 0) is 19.5 Å². The van der Waals surface area contributed by atoms with Gasteiger partial charge >= 0.3 is 0 Å². The van der Waals surface area contributed by atoms with Gasteiger partial charge in [0.05, 0.1) is 40.7 Å². The van der Waals surface area contributed by atoms with E-state index in [1.54, 1.807) is 10.7 Å². The lowest BCUT2D eigenvalue weighted by atomic mass is 9.81. The number of alkyl halides is 2. The summed E-state index contributed by atoms with van der Waals surface area (Å²) in [6, 6.07) is 3.67. The summed E-state index contributed by atoms with van der Waals surface area (Å²) in [4.78, 5) is 9.85. The Hall–Kier alpha value is -4.09. The minimum Gasteiger partial charge on any atom is -0.389 e. The van der Waals surface area contributed by atoms with E-state index in [9.17, 15) is 8.78 Å². The molecule has 1 saturated carbocycles. The van der Waals surface area contributed by atoms with Crippen LogP contribution in [0.5, 0.6) is 0 Å². The molecule has 4 aromatic rings. The minimum absolute atomic E-state index is 0.0199. The van der Waals surface area contributed by atoms with Crippen molar-refractivity contribution in [3.63, 3.8) is 0 Å². The smallest absolute Gasteiger partial charge is 0.251 e. The fourth-order valence-electron chi connectivity index (χ4n) is 6.82. The Bertz CT molecular complexity index is 1630. The van der Waals surface area contributed by atoms with E-state index in [1.807, 2.05) is 41.7 Å². The highest BCUT2D eigenvalue weighted by molar-refractivity contribution is 5.59. The summed E-state index contributed by atoms with van der Waals surface area (Å²) in [5, 5.41) is 20.3. The van der Waals surface area contributed by atoms with Crippen LogP contribution >= 0.6 is 0 Å². The van der Waals surface area contributed by atoms with Gasteiger partial charge in [0.15, 0.2) is 0 Å².